The number of carboxylic acid groups (broad SMARTS) is 2. The third-order valence-corrected chi connectivity index (χ3v) is 5.98. The minimum absolute atomic E-state index is 0.0261. The molecule has 1 amide bonds. The van der Waals surface area contributed by atoms with Gasteiger partial charge in [0.05, 0.1) is 26.1 Å². The van der Waals surface area contributed by atoms with Crippen molar-refractivity contribution >= 4 is 17.8 Å². The van der Waals surface area contributed by atoms with Crippen LogP contribution in [0.5, 0.6) is 0 Å². The Labute approximate surface area is 194 Å². The van der Waals surface area contributed by atoms with Gasteiger partial charge in [0.2, 0.25) is 0 Å². The molecule has 4 N–H and O–H groups in total. The van der Waals surface area contributed by atoms with Crippen LogP contribution in [0.15, 0.2) is 0 Å². The predicted octanol–water partition coefficient (Wildman–Crippen LogP) is 3.56. The summed E-state index contributed by atoms with van der Waals surface area (Å²) in [6.45, 7) is 1.67. The number of amides is 1. The van der Waals surface area contributed by atoms with E-state index in [1.807, 2.05) is 0 Å². The summed E-state index contributed by atoms with van der Waals surface area (Å²) in [5, 5.41) is 30.1. The maximum Gasteiger partial charge on any atom is 0.359 e. The SMILES string of the molecule is CCCCCCCCCCCCCCCC(=O)[N+](CCO)(CCNCC(=O)O)CC(=O)O. The molecule has 8 heteroatoms. The van der Waals surface area contributed by atoms with Crippen molar-refractivity contribution in [3.05, 3.63) is 0 Å². The van der Waals surface area contributed by atoms with Crippen LogP contribution in [0.1, 0.15) is 96.8 Å². The summed E-state index contributed by atoms with van der Waals surface area (Å²) in [5.74, 6) is -2.31. The molecular weight excluding hydrogens is 412 g/mol. The normalized spacial score (nSPS) is 13.1. The van der Waals surface area contributed by atoms with E-state index in [1.165, 1.54) is 57.8 Å². The number of hydrogen-bond acceptors (Lipinski definition) is 5. The van der Waals surface area contributed by atoms with Crippen molar-refractivity contribution < 1.29 is 34.2 Å². The van der Waals surface area contributed by atoms with Crippen LogP contribution in [-0.4, -0.2) is 77.0 Å². The number of carbonyl (C=O) groups excluding carboxylic acids is 1. The first-order chi connectivity index (χ1) is 15.4. The average Bonchev–Trinajstić information content (AvgIpc) is 2.73. The van der Waals surface area contributed by atoms with Crippen molar-refractivity contribution in [2.75, 3.05) is 39.3 Å². The van der Waals surface area contributed by atoms with E-state index in [-0.39, 0.29) is 49.6 Å². The first-order valence-electron chi connectivity index (χ1n) is 12.5. The molecule has 0 rings (SSSR count). The second-order valence-electron chi connectivity index (χ2n) is 8.82. The number of unbranched alkanes of at least 4 members (excludes halogenated alkanes) is 12. The summed E-state index contributed by atoms with van der Waals surface area (Å²) < 4.78 is -0.350. The van der Waals surface area contributed by atoms with Crippen molar-refractivity contribution in [1.82, 2.24) is 5.32 Å². The summed E-state index contributed by atoms with van der Waals surface area (Å²) >= 11 is 0. The highest BCUT2D eigenvalue weighted by Gasteiger charge is 2.37. The van der Waals surface area contributed by atoms with E-state index in [9.17, 15) is 24.6 Å². The molecule has 0 aromatic carbocycles. The highest BCUT2D eigenvalue weighted by Crippen LogP contribution is 2.16. The van der Waals surface area contributed by atoms with Crippen LogP contribution in [0.2, 0.25) is 0 Å². The average molecular weight is 460 g/mol. The lowest BCUT2D eigenvalue weighted by atomic mass is 10.0. The van der Waals surface area contributed by atoms with E-state index in [0.717, 1.165) is 19.3 Å². The Kier molecular flexibility index (Phi) is 19.2. The molecule has 0 spiro atoms. The molecule has 1 unspecified atom stereocenters. The number of aliphatic hydroxyl groups excluding tert-OH is 1. The van der Waals surface area contributed by atoms with E-state index in [4.69, 9.17) is 5.11 Å². The highest BCUT2D eigenvalue weighted by atomic mass is 16.4. The van der Waals surface area contributed by atoms with Gasteiger partial charge >= 0.3 is 17.8 Å². The van der Waals surface area contributed by atoms with Gasteiger partial charge in [-0.2, -0.15) is 0 Å². The molecule has 0 saturated carbocycles. The Balaban J connectivity index is 4.16. The molecule has 0 saturated heterocycles. The van der Waals surface area contributed by atoms with Gasteiger partial charge in [-0.25, -0.2) is 14.1 Å². The van der Waals surface area contributed by atoms with Crippen LogP contribution < -0.4 is 5.32 Å². The van der Waals surface area contributed by atoms with E-state index in [0.29, 0.717) is 6.42 Å². The maximum atomic E-state index is 12.9. The van der Waals surface area contributed by atoms with Crippen LogP contribution in [0.25, 0.3) is 0 Å². The molecule has 0 fully saturated rings. The Hall–Kier alpha value is -1.51. The zero-order valence-corrected chi connectivity index (χ0v) is 20.2. The van der Waals surface area contributed by atoms with E-state index >= 15 is 0 Å². The fraction of sp³-hybridized carbons (Fsp3) is 0.875. The van der Waals surface area contributed by atoms with Crippen LogP contribution >= 0.6 is 0 Å². The molecule has 0 bridgehead atoms. The van der Waals surface area contributed by atoms with Gasteiger partial charge in [-0.1, -0.05) is 84.0 Å². The molecule has 0 heterocycles. The van der Waals surface area contributed by atoms with Gasteiger partial charge in [0.15, 0.2) is 6.54 Å². The van der Waals surface area contributed by atoms with E-state index in [1.54, 1.807) is 0 Å². The van der Waals surface area contributed by atoms with Gasteiger partial charge in [0.1, 0.15) is 6.54 Å². The minimum atomic E-state index is -1.10. The lowest BCUT2D eigenvalue weighted by molar-refractivity contribution is -0.847. The number of rotatable bonds is 23. The van der Waals surface area contributed by atoms with E-state index < -0.39 is 18.5 Å². The van der Waals surface area contributed by atoms with Gasteiger partial charge in [0, 0.05) is 6.54 Å². The van der Waals surface area contributed by atoms with Crippen LogP contribution in [0.3, 0.4) is 0 Å². The Morgan fingerprint density at radius 2 is 1.22 bits per heavy atom. The third-order valence-electron chi connectivity index (χ3n) is 5.98. The molecule has 0 radical (unpaired) electrons. The summed E-state index contributed by atoms with van der Waals surface area (Å²) in [4.78, 5) is 34.9. The number of aliphatic carboxylic acids is 2. The van der Waals surface area contributed by atoms with Crippen LogP contribution in [-0.2, 0) is 14.4 Å². The van der Waals surface area contributed by atoms with Crippen molar-refractivity contribution in [1.29, 1.82) is 0 Å². The van der Waals surface area contributed by atoms with Gasteiger partial charge in [-0.3, -0.25) is 4.79 Å². The van der Waals surface area contributed by atoms with Crippen LogP contribution in [0, 0.1) is 0 Å². The molecule has 32 heavy (non-hydrogen) atoms. The van der Waals surface area contributed by atoms with Gasteiger partial charge < -0.3 is 20.6 Å². The number of carboxylic acids is 2. The molecule has 0 aliphatic heterocycles. The summed E-state index contributed by atoms with van der Waals surface area (Å²) in [5.41, 5.74) is 0. The Bertz CT molecular complexity index is 515. The summed E-state index contributed by atoms with van der Waals surface area (Å²) in [6.07, 6.45) is 16.0. The lowest BCUT2D eigenvalue weighted by Gasteiger charge is -2.34. The number of aliphatic hydroxyl groups is 1. The summed E-state index contributed by atoms with van der Waals surface area (Å²) in [6, 6.07) is 0. The zero-order valence-electron chi connectivity index (χ0n) is 20.2. The smallest absolute Gasteiger partial charge is 0.359 e. The van der Waals surface area contributed by atoms with Gasteiger partial charge in [0.25, 0.3) is 0 Å². The molecule has 0 aromatic rings. The molecular formula is C24H47N2O6+. The van der Waals surface area contributed by atoms with Gasteiger partial charge in [-0.15, -0.1) is 0 Å². The fourth-order valence-corrected chi connectivity index (χ4v) is 4.08. The molecule has 0 aliphatic carbocycles. The number of quaternary nitrogens is 1. The van der Waals surface area contributed by atoms with Crippen molar-refractivity contribution in [2.45, 2.75) is 96.8 Å². The third kappa shape index (κ3) is 16.2. The molecule has 188 valence electrons. The van der Waals surface area contributed by atoms with Crippen molar-refractivity contribution in [2.24, 2.45) is 0 Å². The highest BCUT2D eigenvalue weighted by molar-refractivity contribution is 5.74. The predicted molar refractivity (Wildman–Crippen MR) is 125 cm³/mol. The summed E-state index contributed by atoms with van der Waals surface area (Å²) in [7, 11) is 0. The monoisotopic (exact) mass is 459 g/mol. The second kappa shape index (κ2) is 20.1. The minimum Gasteiger partial charge on any atom is -0.480 e. The largest absolute Gasteiger partial charge is 0.480 e. The lowest BCUT2D eigenvalue weighted by Crippen LogP contribution is -2.59. The molecule has 1 atom stereocenters. The number of nitrogens with zero attached hydrogens (tertiary/aromatic N) is 1. The number of nitrogens with one attached hydrogen (secondary N) is 1. The zero-order chi connectivity index (χ0) is 24.1. The Morgan fingerprint density at radius 1 is 0.719 bits per heavy atom. The fourth-order valence-electron chi connectivity index (χ4n) is 4.08. The quantitative estimate of drug-likeness (QED) is 0.136. The first-order valence-corrected chi connectivity index (χ1v) is 12.5. The van der Waals surface area contributed by atoms with Crippen molar-refractivity contribution in [3.63, 3.8) is 0 Å². The Morgan fingerprint density at radius 3 is 1.66 bits per heavy atom. The number of carbonyl (C=O) groups is 3. The standard InChI is InChI=1S/C24H46N2O6/c1-2-3-4-5-6-7-8-9-10-11-12-13-14-15-22(28)26(18-19-27,21-24(31)32)17-16-25-20-23(29)30/h25,27H,2-21H2,1H3,(H-,29,30,31,32)/p+1. The van der Waals surface area contributed by atoms with Crippen LogP contribution in [0.4, 0.5) is 0 Å². The molecule has 0 aromatic heterocycles. The topological polar surface area (TPSA) is 124 Å². The number of hydrogen-bond donors (Lipinski definition) is 4. The van der Waals surface area contributed by atoms with E-state index in [2.05, 4.69) is 12.2 Å². The maximum absolute atomic E-state index is 12.9. The molecule has 0 aliphatic rings. The molecule has 8 nitrogen and oxygen atoms in total. The van der Waals surface area contributed by atoms with Crippen molar-refractivity contribution in [3.8, 4) is 0 Å². The first kappa shape index (κ1) is 30.5. The second-order valence-corrected chi connectivity index (χ2v) is 8.82. The van der Waals surface area contributed by atoms with Gasteiger partial charge in [-0.05, 0) is 6.42 Å².